The normalized spacial score (nSPS) is 14.4. The van der Waals surface area contributed by atoms with Gasteiger partial charge in [0.25, 0.3) is 0 Å². The third kappa shape index (κ3) is 5.31. The van der Waals surface area contributed by atoms with Gasteiger partial charge in [-0.25, -0.2) is 0 Å². The fourth-order valence-electron chi connectivity index (χ4n) is 4.89. The third-order valence-electron chi connectivity index (χ3n) is 6.99. The lowest BCUT2D eigenvalue weighted by molar-refractivity contribution is -0.170. The van der Waals surface area contributed by atoms with Gasteiger partial charge in [-0.1, -0.05) is 25.1 Å². The van der Waals surface area contributed by atoms with Gasteiger partial charge in [0.2, 0.25) is 0 Å². The number of imidazole rings is 1. The predicted molar refractivity (Wildman–Crippen MR) is 147 cm³/mol. The summed E-state index contributed by atoms with van der Waals surface area (Å²) >= 11 is 0. The van der Waals surface area contributed by atoms with Crippen molar-refractivity contribution in [2.24, 2.45) is 0 Å². The molecule has 1 aliphatic rings. The lowest BCUT2D eigenvalue weighted by Gasteiger charge is -2.26. The summed E-state index contributed by atoms with van der Waals surface area (Å²) in [5, 5.41) is 10.4. The van der Waals surface area contributed by atoms with E-state index in [1.807, 2.05) is 0 Å². The average molecular weight is 584 g/mol. The monoisotopic (exact) mass is 583 g/mol. The zero-order valence-corrected chi connectivity index (χ0v) is 23.1. The second-order valence-electron chi connectivity index (χ2n) is 9.62. The molecule has 1 aromatic heterocycles. The number of phenolic OH excluding ortho intramolecular Hbond substituents is 1. The number of amides is 1. The number of fused-ring (bicyclic) bond motifs is 2. The number of alkyl halides is 3. The predicted octanol–water partition coefficient (Wildman–Crippen LogP) is 5.92. The summed E-state index contributed by atoms with van der Waals surface area (Å²) in [6.07, 6.45) is -5.67. The molecule has 0 radical (unpaired) electrons. The molecule has 1 atom stereocenters. The van der Waals surface area contributed by atoms with Crippen molar-refractivity contribution in [1.29, 1.82) is 0 Å². The van der Waals surface area contributed by atoms with Crippen LogP contribution in [0.25, 0.3) is 16.7 Å². The number of hydrogen-bond acceptors (Lipinski definition) is 7. The summed E-state index contributed by atoms with van der Waals surface area (Å²) in [5.74, 6) is -2.29. The fraction of sp³-hybridized carbons (Fsp3) is 0.300. The van der Waals surface area contributed by atoms with Crippen LogP contribution < -0.4 is 14.4 Å². The van der Waals surface area contributed by atoms with Crippen LogP contribution in [0.4, 0.5) is 18.9 Å². The van der Waals surface area contributed by atoms with Gasteiger partial charge in [0.15, 0.2) is 6.10 Å². The minimum absolute atomic E-state index is 0.0233. The maximum absolute atomic E-state index is 13.8. The highest BCUT2D eigenvalue weighted by Gasteiger charge is 2.43. The number of hydrogen-bond donors (Lipinski definition) is 1. The summed E-state index contributed by atoms with van der Waals surface area (Å²) in [5.41, 5.74) is 2.89. The van der Waals surface area contributed by atoms with Crippen LogP contribution in [-0.2, 0) is 20.9 Å². The van der Waals surface area contributed by atoms with E-state index in [-0.39, 0.29) is 42.8 Å². The number of anilines is 1. The molecule has 0 unspecified atom stereocenters. The van der Waals surface area contributed by atoms with E-state index in [2.05, 4.69) is 4.98 Å². The highest BCUT2D eigenvalue weighted by molar-refractivity contribution is 5.97. The Morgan fingerprint density at radius 2 is 1.90 bits per heavy atom. The van der Waals surface area contributed by atoms with Gasteiger partial charge >= 0.3 is 24.1 Å². The summed E-state index contributed by atoms with van der Waals surface area (Å²) in [4.78, 5) is 29.5. The fourth-order valence-corrected chi connectivity index (χ4v) is 4.89. The molecular formula is C30H28F3N3O6. The van der Waals surface area contributed by atoms with Crippen LogP contribution in [-0.4, -0.2) is 45.9 Å². The van der Waals surface area contributed by atoms with E-state index in [1.54, 1.807) is 55.7 Å². The van der Waals surface area contributed by atoms with Gasteiger partial charge in [0, 0.05) is 23.7 Å². The van der Waals surface area contributed by atoms with Gasteiger partial charge < -0.3 is 24.2 Å². The molecule has 1 aliphatic heterocycles. The maximum atomic E-state index is 13.8. The van der Waals surface area contributed by atoms with Crippen molar-refractivity contribution in [3.05, 3.63) is 71.3 Å². The number of carbonyl (C=O) groups is 2. The van der Waals surface area contributed by atoms with Crippen molar-refractivity contribution in [3.63, 3.8) is 0 Å². The Hall–Kier alpha value is -4.74. The van der Waals surface area contributed by atoms with Gasteiger partial charge in [-0.15, -0.1) is 0 Å². The molecule has 42 heavy (non-hydrogen) atoms. The minimum Gasteiger partial charge on any atom is -0.506 e. The first kappa shape index (κ1) is 28.8. The second kappa shape index (κ2) is 11.3. The van der Waals surface area contributed by atoms with Crippen molar-refractivity contribution in [2.45, 2.75) is 46.0 Å². The van der Waals surface area contributed by atoms with Gasteiger partial charge in [-0.3, -0.25) is 14.2 Å². The molecule has 0 saturated carbocycles. The molecule has 0 fully saturated rings. The number of nitrogens with zero attached hydrogens (tertiary/aromatic N) is 3. The number of esters is 1. The van der Waals surface area contributed by atoms with Crippen molar-refractivity contribution < 1.29 is 42.1 Å². The number of ether oxygens (including phenoxy) is 3. The highest BCUT2D eigenvalue weighted by Crippen LogP contribution is 2.39. The van der Waals surface area contributed by atoms with E-state index in [4.69, 9.17) is 14.2 Å². The van der Waals surface area contributed by atoms with E-state index in [9.17, 15) is 27.9 Å². The third-order valence-corrected chi connectivity index (χ3v) is 6.99. The van der Waals surface area contributed by atoms with Crippen molar-refractivity contribution in [1.82, 2.24) is 9.55 Å². The summed E-state index contributed by atoms with van der Waals surface area (Å²) in [7, 11) is 0. The van der Waals surface area contributed by atoms with Gasteiger partial charge in [0.1, 0.15) is 23.6 Å². The summed E-state index contributed by atoms with van der Waals surface area (Å²) in [6.45, 7) is 5.06. The van der Waals surface area contributed by atoms with Crippen molar-refractivity contribution >= 4 is 28.6 Å². The number of rotatable bonds is 8. The first-order valence-corrected chi connectivity index (χ1v) is 13.3. The molecule has 3 aromatic carbocycles. The Morgan fingerprint density at radius 1 is 1.14 bits per heavy atom. The lowest BCUT2D eigenvalue weighted by Crippen LogP contribution is -2.41. The number of carbonyl (C=O) groups excluding carboxylic acids is 2. The Labute approximate surface area is 239 Å². The number of halogens is 3. The molecule has 0 bridgehead atoms. The minimum atomic E-state index is -5.15. The van der Waals surface area contributed by atoms with Crippen molar-refractivity contribution in [2.75, 3.05) is 18.1 Å². The Bertz CT molecular complexity index is 1670. The molecule has 220 valence electrons. The van der Waals surface area contributed by atoms with Gasteiger partial charge in [-0.2, -0.15) is 18.2 Å². The molecule has 12 heteroatoms. The standard InChI is InChI=1S/C30H28F3N3O6/c1-4-26(38)42-25-16-41-24-14-19(12-13-20(24)25)35(28(39)30(31,32)33)15-18-8-6-9-21(17(18)3)36-22-10-7-11-23(37)27(22)34-29(36)40-5-2/h6-14,25,37H,4-5,15-16H2,1-3H3/t25-/m1/s1. The Morgan fingerprint density at radius 3 is 2.62 bits per heavy atom. The average Bonchev–Trinajstić information content (AvgIpc) is 3.53. The van der Waals surface area contributed by atoms with Crippen LogP contribution in [0.2, 0.25) is 0 Å². The first-order chi connectivity index (χ1) is 20.0. The van der Waals surface area contributed by atoms with Crippen LogP contribution in [0.1, 0.15) is 43.1 Å². The molecule has 4 aromatic rings. The molecule has 0 spiro atoms. The zero-order valence-electron chi connectivity index (χ0n) is 23.1. The second-order valence-corrected chi connectivity index (χ2v) is 9.62. The van der Waals surface area contributed by atoms with Crippen LogP contribution in [0.5, 0.6) is 17.5 Å². The van der Waals surface area contributed by atoms with Crippen LogP contribution in [0.15, 0.2) is 54.6 Å². The van der Waals surface area contributed by atoms with E-state index in [0.29, 0.717) is 38.3 Å². The number of benzene rings is 3. The molecule has 0 saturated heterocycles. The highest BCUT2D eigenvalue weighted by atomic mass is 19.4. The van der Waals surface area contributed by atoms with Crippen LogP contribution in [0.3, 0.4) is 0 Å². The quantitative estimate of drug-likeness (QED) is 0.257. The molecule has 1 amide bonds. The molecule has 1 N–H and O–H groups in total. The van der Waals surface area contributed by atoms with E-state index in [0.717, 1.165) is 0 Å². The Kier molecular flexibility index (Phi) is 7.72. The van der Waals surface area contributed by atoms with E-state index in [1.165, 1.54) is 24.3 Å². The first-order valence-electron chi connectivity index (χ1n) is 13.3. The molecule has 9 nitrogen and oxygen atoms in total. The molecular weight excluding hydrogens is 555 g/mol. The molecule has 0 aliphatic carbocycles. The van der Waals surface area contributed by atoms with E-state index < -0.39 is 30.7 Å². The van der Waals surface area contributed by atoms with E-state index >= 15 is 0 Å². The maximum Gasteiger partial charge on any atom is 0.471 e. The van der Waals surface area contributed by atoms with Gasteiger partial charge in [-0.05, 0) is 55.3 Å². The zero-order chi connectivity index (χ0) is 30.2. The number of para-hydroxylation sites is 1. The van der Waals surface area contributed by atoms with Gasteiger partial charge in [0.05, 0.1) is 24.4 Å². The van der Waals surface area contributed by atoms with Crippen molar-refractivity contribution in [3.8, 4) is 23.2 Å². The van der Waals surface area contributed by atoms with Crippen LogP contribution >= 0.6 is 0 Å². The topological polar surface area (TPSA) is 103 Å². The SMILES string of the molecule is CCOc1nc2c(O)cccc2n1-c1cccc(CN(C(=O)C(F)(F)F)c2ccc3c(c2)OC[C@H]3OC(=O)CC)c1C. The van der Waals surface area contributed by atoms with Crippen LogP contribution in [0, 0.1) is 6.92 Å². The molecule has 5 rings (SSSR count). The molecule has 2 heterocycles. The summed E-state index contributed by atoms with van der Waals surface area (Å²) in [6, 6.07) is 14.4. The Balaban J connectivity index is 1.55. The lowest BCUT2D eigenvalue weighted by atomic mass is 10.0. The smallest absolute Gasteiger partial charge is 0.471 e. The summed E-state index contributed by atoms with van der Waals surface area (Å²) < 4.78 is 59.8. The number of phenols is 1. The largest absolute Gasteiger partial charge is 0.506 e. The number of aromatic nitrogens is 2. The number of aromatic hydroxyl groups is 1.